The van der Waals surface area contributed by atoms with Gasteiger partial charge in [0.1, 0.15) is 11.5 Å². The monoisotopic (exact) mass is 620 g/mol. The van der Waals surface area contributed by atoms with Crippen LogP contribution in [0.15, 0.2) is 87.8 Å². The zero-order valence-corrected chi connectivity index (χ0v) is 24.5. The molecule has 3 aromatic carbocycles. The summed E-state index contributed by atoms with van der Waals surface area (Å²) in [5, 5.41) is 6.18. The number of carbonyl (C=O) groups excluding carboxylic acids is 1. The Morgan fingerprint density at radius 1 is 0.897 bits per heavy atom. The molecule has 0 fully saturated rings. The van der Waals surface area contributed by atoms with E-state index in [-0.39, 0.29) is 5.91 Å². The van der Waals surface area contributed by atoms with Crippen LogP contribution in [0.2, 0.25) is 0 Å². The number of nitrogens with one attached hydrogen (secondary N) is 2. The van der Waals surface area contributed by atoms with Gasteiger partial charge in [0, 0.05) is 38.7 Å². The van der Waals surface area contributed by atoms with E-state index in [1.54, 1.807) is 14.2 Å². The lowest BCUT2D eigenvalue weighted by Gasteiger charge is -2.06. The van der Waals surface area contributed by atoms with Crippen LogP contribution in [0.1, 0.15) is 6.42 Å². The van der Waals surface area contributed by atoms with E-state index in [0.717, 1.165) is 54.9 Å². The zero-order valence-electron chi connectivity index (χ0n) is 21.2. The van der Waals surface area contributed by atoms with Crippen molar-refractivity contribution in [2.24, 2.45) is 0 Å². The molecule has 0 radical (unpaired) electrons. The molecule has 2 N–H and O–H groups in total. The van der Waals surface area contributed by atoms with Crippen molar-refractivity contribution in [1.29, 1.82) is 0 Å². The van der Waals surface area contributed by atoms with Gasteiger partial charge in [-0.3, -0.25) is 4.79 Å². The van der Waals surface area contributed by atoms with Crippen molar-refractivity contribution in [1.82, 2.24) is 15.0 Å². The van der Waals surface area contributed by atoms with Crippen LogP contribution in [0.3, 0.4) is 0 Å². The summed E-state index contributed by atoms with van der Waals surface area (Å²) in [6, 6.07) is 23.6. The number of thioether (sulfide) groups is 1. The van der Waals surface area contributed by atoms with Crippen LogP contribution in [-0.4, -0.2) is 40.8 Å². The minimum Gasteiger partial charge on any atom is -0.497 e. The molecule has 7 nitrogen and oxygen atoms in total. The van der Waals surface area contributed by atoms with Gasteiger partial charge in [-0.2, -0.15) is 0 Å². The molecule has 1 amide bonds. The quantitative estimate of drug-likeness (QED) is 0.155. The molecular formula is C29H25BrN4O3S2. The maximum Gasteiger partial charge on any atom is 0.226 e. The highest BCUT2D eigenvalue weighted by Crippen LogP contribution is 2.34. The average molecular weight is 622 g/mol. The van der Waals surface area contributed by atoms with Crippen molar-refractivity contribution < 1.29 is 14.3 Å². The van der Waals surface area contributed by atoms with E-state index in [1.807, 2.05) is 78.2 Å². The number of hydrogen-bond donors (Lipinski definition) is 2. The number of thiazole rings is 1. The van der Waals surface area contributed by atoms with Gasteiger partial charge < -0.3 is 19.8 Å². The smallest absolute Gasteiger partial charge is 0.226 e. The van der Waals surface area contributed by atoms with Gasteiger partial charge in [-0.1, -0.05) is 39.8 Å². The van der Waals surface area contributed by atoms with E-state index in [2.05, 4.69) is 31.2 Å². The van der Waals surface area contributed by atoms with E-state index >= 15 is 0 Å². The van der Waals surface area contributed by atoms with E-state index in [0.29, 0.717) is 17.3 Å². The Morgan fingerprint density at radius 3 is 2.15 bits per heavy atom. The largest absolute Gasteiger partial charge is 0.497 e. The minimum atomic E-state index is -0.0866. The lowest BCUT2D eigenvalue weighted by molar-refractivity contribution is -0.115. The highest BCUT2D eigenvalue weighted by atomic mass is 79.9. The number of amides is 1. The normalized spacial score (nSPS) is 10.8. The van der Waals surface area contributed by atoms with Crippen molar-refractivity contribution in [3.05, 3.63) is 82.6 Å². The Hall–Kier alpha value is -3.60. The summed E-state index contributed by atoms with van der Waals surface area (Å²) < 4.78 is 11.6. The predicted molar refractivity (Wildman–Crippen MR) is 162 cm³/mol. The number of hydrogen-bond acceptors (Lipinski definition) is 7. The summed E-state index contributed by atoms with van der Waals surface area (Å²) in [4.78, 5) is 25.5. The molecule has 0 atom stereocenters. The van der Waals surface area contributed by atoms with Crippen LogP contribution in [-0.2, 0) is 4.79 Å². The SMILES string of the molecule is COc1ccc(-c2nc(SCCC(=O)Nc3nc(-c4ccc(Br)cc4)cs3)[nH]c2-c2ccc(OC)cc2)cc1. The molecule has 2 aromatic heterocycles. The first-order valence-electron chi connectivity index (χ1n) is 12.1. The summed E-state index contributed by atoms with van der Waals surface area (Å²) in [6.45, 7) is 0. The molecule has 198 valence electrons. The standard InChI is InChI=1S/C29H25BrN4O3S2/c1-36-22-11-5-19(6-12-22)26-27(20-7-13-23(37-2)14-8-20)34-29(33-26)38-16-15-25(35)32-28-31-24(17-39-28)18-3-9-21(30)10-4-18/h3-14,17H,15-16H2,1-2H3,(H,33,34)(H,31,32,35). The number of nitrogens with zero attached hydrogens (tertiary/aromatic N) is 2. The first-order chi connectivity index (χ1) is 19.0. The fraction of sp³-hybridized carbons (Fsp3) is 0.138. The molecule has 0 saturated heterocycles. The van der Waals surface area contributed by atoms with Crippen molar-refractivity contribution >= 4 is 50.1 Å². The summed E-state index contributed by atoms with van der Waals surface area (Å²) in [5.74, 6) is 2.05. The second-order valence-corrected chi connectivity index (χ2v) is 11.3. The summed E-state index contributed by atoms with van der Waals surface area (Å²) in [5.41, 5.74) is 5.53. The number of ether oxygens (including phenoxy) is 2. The zero-order chi connectivity index (χ0) is 27.2. The van der Waals surface area contributed by atoms with Gasteiger partial charge in [0.05, 0.1) is 31.3 Å². The van der Waals surface area contributed by atoms with Crippen LogP contribution in [0.25, 0.3) is 33.8 Å². The molecular weight excluding hydrogens is 596 g/mol. The maximum absolute atomic E-state index is 12.6. The van der Waals surface area contributed by atoms with Gasteiger partial charge in [-0.05, 0) is 60.7 Å². The molecule has 0 aliphatic rings. The second-order valence-electron chi connectivity index (χ2n) is 8.41. The number of H-pyrrole nitrogens is 1. The maximum atomic E-state index is 12.6. The summed E-state index contributed by atoms with van der Waals surface area (Å²) in [6.07, 6.45) is 0.328. The van der Waals surface area contributed by atoms with Gasteiger partial charge in [0.25, 0.3) is 0 Å². The Labute approximate surface area is 243 Å². The lowest BCUT2D eigenvalue weighted by atomic mass is 10.0. The topological polar surface area (TPSA) is 89.1 Å². The van der Waals surface area contributed by atoms with E-state index < -0.39 is 0 Å². The van der Waals surface area contributed by atoms with Crippen LogP contribution in [0.4, 0.5) is 5.13 Å². The Kier molecular flexibility index (Phi) is 8.65. The Morgan fingerprint density at radius 2 is 1.51 bits per heavy atom. The average Bonchev–Trinajstić information content (AvgIpc) is 3.61. The third-order valence-electron chi connectivity index (χ3n) is 5.88. The van der Waals surface area contributed by atoms with E-state index in [4.69, 9.17) is 14.5 Å². The van der Waals surface area contributed by atoms with Crippen LogP contribution >= 0.6 is 39.0 Å². The van der Waals surface area contributed by atoms with E-state index in [1.165, 1.54) is 23.1 Å². The van der Waals surface area contributed by atoms with Gasteiger partial charge in [-0.15, -0.1) is 11.3 Å². The third kappa shape index (κ3) is 6.70. The Balaban J connectivity index is 1.25. The number of methoxy groups -OCH3 is 2. The summed E-state index contributed by atoms with van der Waals surface area (Å²) in [7, 11) is 3.29. The first-order valence-corrected chi connectivity index (χ1v) is 14.7. The second kappa shape index (κ2) is 12.5. The number of anilines is 1. The van der Waals surface area contributed by atoms with Gasteiger partial charge in [0.15, 0.2) is 10.3 Å². The van der Waals surface area contributed by atoms with Crippen molar-refractivity contribution in [3.63, 3.8) is 0 Å². The molecule has 0 aliphatic carbocycles. The minimum absolute atomic E-state index is 0.0866. The molecule has 10 heteroatoms. The number of aromatic amines is 1. The first kappa shape index (κ1) is 27.0. The molecule has 2 heterocycles. The molecule has 0 unspecified atom stereocenters. The number of halogens is 1. The highest BCUT2D eigenvalue weighted by Gasteiger charge is 2.16. The fourth-order valence-corrected chi connectivity index (χ4v) is 5.66. The van der Waals surface area contributed by atoms with Gasteiger partial charge in [-0.25, -0.2) is 9.97 Å². The van der Waals surface area contributed by atoms with Gasteiger partial charge in [0.2, 0.25) is 5.91 Å². The highest BCUT2D eigenvalue weighted by molar-refractivity contribution is 9.10. The molecule has 0 aliphatic heterocycles. The van der Waals surface area contributed by atoms with E-state index in [9.17, 15) is 4.79 Å². The lowest BCUT2D eigenvalue weighted by Crippen LogP contribution is -2.12. The third-order valence-corrected chi connectivity index (χ3v) is 8.04. The molecule has 5 aromatic rings. The molecule has 0 saturated carbocycles. The number of carbonyl (C=O) groups is 1. The number of benzene rings is 3. The van der Waals surface area contributed by atoms with Crippen molar-refractivity contribution in [3.8, 4) is 45.3 Å². The Bertz CT molecular complexity index is 1480. The predicted octanol–water partition coefficient (Wildman–Crippen LogP) is 7.77. The number of imidazole rings is 1. The fourth-order valence-electron chi connectivity index (χ4n) is 3.85. The van der Waals surface area contributed by atoms with Crippen molar-refractivity contribution in [2.75, 3.05) is 25.3 Å². The number of aromatic nitrogens is 3. The summed E-state index contributed by atoms with van der Waals surface area (Å²) >= 11 is 6.36. The number of rotatable bonds is 10. The van der Waals surface area contributed by atoms with Crippen molar-refractivity contribution in [2.45, 2.75) is 11.6 Å². The molecule has 0 bridgehead atoms. The van der Waals surface area contributed by atoms with Gasteiger partial charge >= 0.3 is 0 Å². The molecule has 39 heavy (non-hydrogen) atoms. The molecule has 5 rings (SSSR count). The van der Waals surface area contributed by atoms with Crippen LogP contribution in [0.5, 0.6) is 11.5 Å². The van der Waals surface area contributed by atoms with Crippen LogP contribution in [0, 0.1) is 0 Å². The van der Waals surface area contributed by atoms with Crippen LogP contribution < -0.4 is 14.8 Å². The molecule has 0 spiro atoms.